The number of aryl methyl sites for hydroxylation is 1. The lowest BCUT2D eigenvalue weighted by atomic mass is 10.0. The first kappa shape index (κ1) is 15.6. The Kier molecular flexibility index (Phi) is 4.46. The van der Waals surface area contributed by atoms with Crippen LogP contribution in [0.15, 0.2) is 36.9 Å². The van der Waals surface area contributed by atoms with Crippen LogP contribution in [0.4, 0.5) is 0 Å². The molecule has 0 aliphatic heterocycles. The first-order chi connectivity index (χ1) is 10.5. The molecule has 0 saturated heterocycles. The summed E-state index contributed by atoms with van der Waals surface area (Å²) in [6.45, 7) is 6.61. The van der Waals surface area contributed by atoms with Gasteiger partial charge in [0.25, 0.3) is 0 Å². The summed E-state index contributed by atoms with van der Waals surface area (Å²) >= 11 is 0. The highest BCUT2D eigenvalue weighted by Gasteiger charge is 2.18. The highest BCUT2D eigenvalue weighted by Crippen LogP contribution is 2.42. The van der Waals surface area contributed by atoms with Gasteiger partial charge >= 0.3 is 11.9 Å². The molecule has 0 fully saturated rings. The van der Waals surface area contributed by atoms with E-state index in [1.54, 1.807) is 6.07 Å². The molecule has 2 aromatic rings. The molecule has 0 aliphatic carbocycles. The SMILES string of the molecule is C=CC(=O)Oc1c(OC)cc(OC(C)=O)c2cc(C)ccc12. The summed E-state index contributed by atoms with van der Waals surface area (Å²) in [5.74, 6) is -0.135. The number of hydrogen-bond acceptors (Lipinski definition) is 5. The Hall–Kier alpha value is -2.82. The number of esters is 2. The lowest BCUT2D eigenvalue weighted by Crippen LogP contribution is -2.07. The summed E-state index contributed by atoms with van der Waals surface area (Å²) in [4.78, 5) is 22.8. The average Bonchev–Trinajstić information content (AvgIpc) is 2.48. The van der Waals surface area contributed by atoms with Gasteiger partial charge < -0.3 is 14.2 Å². The van der Waals surface area contributed by atoms with Crippen molar-refractivity contribution in [2.45, 2.75) is 13.8 Å². The average molecular weight is 300 g/mol. The van der Waals surface area contributed by atoms with E-state index < -0.39 is 11.9 Å². The molecule has 0 amide bonds. The van der Waals surface area contributed by atoms with Crippen molar-refractivity contribution in [2.24, 2.45) is 0 Å². The number of methoxy groups -OCH3 is 1. The molecule has 0 saturated carbocycles. The van der Waals surface area contributed by atoms with Crippen LogP contribution in [0.25, 0.3) is 10.8 Å². The number of carbonyl (C=O) groups excluding carboxylic acids is 2. The number of fused-ring (bicyclic) bond motifs is 1. The van der Waals surface area contributed by atoms with Gasteiger partial charge in [0, 0.05) is 29.8 Å². The van der Waals surface area contributed by atoms with E-state index in [0.29, 0.717) is 22.3 Å². The van der Waals surface area contributed by atoms with Crippen LogP contribution in [0.5, 0.6) is 17.2 Å². The standard InChI is InChI=1S/C17H16O5/c1-5-16(19)22-17-12-7-6-10(2)8-13(12)14(21-11(3)18)9-15(17)20-4/h5-9H,1H2,2-4H3. The van der Waals surface area contributed by atoms with E-state index in [2.05, 4.69) is 6.58 Å². The third-order valence-electron chi connectivity index (χ3n) is 3.01. The minimum atomic E-state index is -0.597. The number of hydrogen-bond donors (Lipinski definition) is 0. The van der Waals surface area contributed by atoms with Gasteiger partial charge in [-0.3, -0.25) is 4.79 Å². The third-order valence-corrected chi connectivity index (χ3v) is 3.01. The van der Waals surface area contributed by atoms with Crippen LogP contribution >= 0.6 is 0 Å². The number of rotatable bonds is 4. The molecule has 0 bridgehead atoms. The Morgan fingerprint density at radius 3 is 2.41 bits per heavy atom. The zero-order valence-corrected chi connectivity index (χ0v) is 12.6. The summed E-state index contributed by atoms with van der Waals surface area (Å²) in [6, 6.07) is 7.02. The van der Waals surface area contributed by atoms with Gasteiger partial charge in [-0.1, -0.05) is 24.3 Å². The molecule has 0 unspecified atom stereocenters. The van der Waals surface area contributed by atoms with E-state index in [4.69, 9.17) is 14.2 Å². The summed E-state index contributed by atoms with van der Waals surface area (Å²) in [5.41, 5.74) is 0.979. The predicted molar refractivity (Wildman–Crippen MR) is 82.4 cm³/mol. The number of ether oxygens (including phenoxy) is 3. The molecule has 2 aromatic carbocycles. The lowest BCUT2D eigenvalue weighted by Gasteiger charge is -2.15. The fraction of sp³-hybridized carbons (Fsp3) is 0.176. The van der Waals surface area contributed by atoms with Gasteiger partial charge in [-0.25, -0.2) is 4.79 Å². The van der Waals surface area contributed by atoms with Crippen LogP contribution in [0.3, 0.4) is 0 Å². The van der Waals surface area contributed by atoms with Crippen LogP contribution < -0.4 is 14.2 Å². The minimum Gasteiger partial charge on any atom is -0.493 e. The first-order valence-corrected chi connectivity index (χ1v) is 6.60. The maximum atomic E-state index is 11.5. The minimum absolute atomic E-state index is 0.262. The normalized spacial score (nSPS) is 10.1. The highest BCUT2D eigenvalue weighted by molar-refractivity contribution is 5.99. The fourth-order valence-corrected chi connectivity index (χ4v) is 2.09. The molecule has 5 nitrogen and oxygen atoms in total. The third kappa shape index (κ3) is 3.09. The highest BCUT2D eigenvalue weighted by atomic mass is 16.6. The molecule has 0 atom stereocenters. The Morgan fingerprint density at radius 1 is 1.09 bits per heavy atom. The Morgan fingerprint density at radius 2 is 1.82 bits per heavy atom. The molecular formula is C17H16O5. The van der Waals surface area contributed by atoms with Crippen LogP contribution in [-0.2, 0) is 9.59 Å². The molecular weight excluding hydrogens is 284 g/mol. The zero-order valence-electron chi connectivity index (χ0n) is 12.6. The van der Waals surface area contributed by atoms with Crippen LogP contribution in [0.1, 0.15) is 12.5 Å². The topological polar surface area (TPSA) is 61.8 Å². The monoisotopic (exact) mass is 300 g/mol. The van der Waals surface area contributed by atoms with E-state index in [1.165, 1.54) is 20.1 Å². The molecule has 22 heavy (non-hydrogen) atoms. The quantitative estimate of drug-likeness (QED) is 0.493. The molecule has 0 radical (unpaired) electrons. The van der Waals surface area contributed by atoms with Crippen molar-refractivity contribution in [1.82, 2.24) is 0 Å². The lowest BCUT2D eigenvalue weighted by molar-refractivity contribution is -0.132. The molecule has 0 aromatic heterocycles. The second kappa shape index (κ2) is 6.30. The van der Waals surface area contributed by atoms with Crippen molar-refractivity contribution in [3.63, 3.8) is 0 Å². The first-order valence-electron chi connectivity index (χ1n) is 6.60. The van der Waals surface area contributed by atoms with Gasteiger partial charge in [0.2, 0.25) is 0 Å². The van der Waals surface area contributed by atoms with Gasteiger partial charge in [-0.05, 0) is 13.0 Å². The van der Waals surface area contributed by atoms with Gasteiger partial charge in [0.1, 0.15) is 5.75 Å². The van der Waals surface area contributed by atoms with Crippen molar-refractivity contribution >= 4 is 22.7 Å². The van der Waals surface area contributed by atoms with Gasteiger partial charge in [-0.15, -0.1) is 0 Å². The van der Waals surface area contributed by atoms with E-state index in [9.17, 15) is 9.59 Å². The molecule has 0 spiro atoms. The van der Waals surface area contributed by atoms with Gasteiger partial charge in [0.15, 0.2) is 11.5 Å². The van der Waals surface area contributed by atoms with Crippen molar-refractivity contribution in [3.05, 3.63) is 42.5 Å². The van der Waals surface area contributed by atoms with Crippen molar-refractivity contribution in [3.8, 4) is 17.2 Å². The second-order valence-corrected chi connectivity index (χ2v) is 4.67. The summed E-state index contributed by atoms with van der Waals surface area (Å²) in [6.07, 6.45) is 1.07. The summed E-state index contributed by atoms with van der Waals surface area (Å²) in [7, 11) is 1.44. The fourth-order valence-electron chi connectivity index (χ4n) is 2.09. The van der Waals surface area contributed by atoms with E-state index >= 15 is 0 Å². The molecule has 5 heteroatoms. The summed E-state index contributed by atoms with van der Waals surface area (Å²) in [5, 5.41) is 1.26. The molecule has 0 aliphatic rings. The van der Waals surface area contributed by atoms with Crippen molar-refractivity contribution in [1.29, 1.82) is 0 Å². The molecule has 114 valence electrons. The van der Waals surface area contributed by atoms with E-state index in [-0.39, 0.29) is 5.75 Å². The second-order valence-electron chi connectivity index (χ2n) is 4.67. The largest absolute Gasteiger partial charge is 0.493 e. The Balaban J connectivity index is 2.75. The maximum absolute atomic E-state index is 11.5. The number of benzene rings is 2. The smallest absolute Gasteiger partial charge is 0.335 e. The van der Waals surface area contributed by atoms with Crippen LogP contribution in [0, 0.1) is 6.92 Å². The van der Waals surface area contributed by atoms with E-state index in [0.717, 1.165) is 11.6 Å². The summed E-state index contributed by atoms with van der Waals surface area (Å²) < 4.78 is 15.8. The molecule has 0 heterocycles. The molecule has 2 rings (SSSR count). The Bertz CT molecular complexity index is 761. The predicted octanol–water partition coefficient (Wildman–Crippen LogP) is 3.17. The maximum Gasteiger partial charge on any atom is 0.335 e. The Labute approximate surface area is 128 Å². The van der Waals surface area contributed by atoms with Crippen LogP contribution in [-0.4, -0.2) is 19.0 Å². The van der Waals surface area contributed by atoms with E-state index in [1.807, 2.05) is 19.1 Å². The zero-order chi connectivity index (χ0) is 16.3. The molecule has 0 N–H and O–H groups in total. The van der Waals surface area contributed by atoms with Crippen molar-refractivity contribution < 1.29 is 23.8 Å². The van der Waals surface area contributed by atoms with Crippen molar-refractivity contribution in [2.75, 3.05) is 7.11 Å². The van der Waals surface area contributed by atoms with Gasteiger partial charge in [-0.2, -0.15) is 0 Å². The number of carbonyl (C=O) groups is 2. The van der Waals surface area contributed by atoms with Crippen LogP contribution in [0.2, 0.25) is 0 Å². The van der Waals surface area contributed by atoms with Gasteiger partial charge in [0.05, 0.1) is 7.11 Å².